The highest BCUT2D eigenvalue weighted by Gasteiger charge is 2.19. The van der Waals surface area contributed by atoms with Crippen LogP contribution in [0.15, 0.2) is 48.7 Å². The lowest BCUT2D eigenvalue weighted by atomic mass is 10.1. The van der Waals surface area contributed by atoms with Crippen molar-refractivity contribution in [2.24, 2.45) is 0 Å². The Bertz CT molecular complexity index is 1230. The molecule has 2 heterocycles. The lowest BCUT2D eigenvalue weighted by molar-refractivity contribution is 0.185. The number of rotatable bonds is 6. The first-order chi connectivity index (χ1) is 15.0. The number of aromatic nitrogens is 4. The number of methoxy groups -OCH3 is 3. The van der Waals surface area contributed by atoms with Crippen LogP contribution in [0.1, 0.15) is 11.4 Å². The molecular formula is C22H21N5O4. The Labute approximate surface area is 178 Å². The summed E-state index contributed by atoms with van der Waals surface area (Å²) in [6, 6.07) is 13.0. The summed E-state index contributed by atoms with van der Waals surface area (Å²) in [6.45, 7) is 0. The third-order valence-corrected chi connectivity index (χ3v) is 4.76. The second-order valence-electron chi connectivity index (χ2n) is 6.71. The molecule has 0 spiro atoms. The minimum atomic E-state index is -0.0759. The van der Waals surface area contributed by atoms with Gasteiger partial charge in [-0.2, -0.15) is 4.73 Å². The topological polar surface area (TPSA) is 115 Å². The van der Waals surface area contributed by atoms with E-state index in [1.807, 2.05) is 30.3 Å². The van der Waals surface area contributed by atoms with Gasteiger partial charge in [-0.25, -0.2) is 15.0 Å². The van der Waals surface area contributed by atoms with Gasteiger partial charge in [0.1, 0.15) is 5.82 Å². The highest BCUT2D eigenvalue weighted by Crippen LogP contribution is 2.38. The molecule has 2 aromatic rings. The maximum atomic E-state index is 10.5. The van der Waals surface area contributed by atoms with Gasteiger partial charge in [0.15, 0.2) is 28.5 Å². The summed E-state index contributed by atoms with van der Waals surface area (Å²) in [5, 5.41) is 18.8. The van der Waals surface area contributed by atoms with Crippen molar-refractivity contribution in [3.63, 3.8) is 0 Å². The van der Waals surface area contributed by atoms with Crippen LogP contribution in [0.5, 0.6) is 17.2 Å². The summed E-state index contributed by atoms with van der Waals surface area (Å²) in [6.07, 6.45) is 1.76. The summed E-state index contributed by atoms with van der Waals surface area (Å²) < 4.78 is 17.0. The Morgan fingerprint density at radius 3 is 2.23 bits per heavy atom. The van der Waals surface area contributed by atoms with Crippen LogP contribution in [-0.4, -0.2) is 46.2 Å². The van der Waals surface area contributed by atoms with Gasteiger partial charge in [-0.05, 0) is 17.7 Å². The molecule has 2 aliphatic rings. The molecule has 9 nitrogen and oxygen atoms in total. The fourth-order valence-corrected chi connectivity index (χ4v) is 3.32. The molecule has 2 N–H and O–H groups in total. The maximum absolute atomic E-state index is 10.5. The molecule has 31 heavy (non-hydrogen) atoms. The Morgan fingerprint density at radius 2 is 1.61 bits per heavy atom. The minimum Gasteiger partial charge on any atom is -0.493 e. The van der Waals surface area contributed by atoms with Crippen LogP contribution in [0.3, 0.4) is 0 Å². The lowest BCUT2D eigenvalue weighted by Gasteiger charge is -2.15. The van der Waals surface area contributed by atoms with E-state index in [0.717, 1.165) is 15.9 Å². The molecule has 0 saturated heterocycles. The minimum absolute atomic E-state index is 0.0759. The quantitative estimate of drug-likeness (QED) is 0.462. The molecule has 0 unspecified atom stereocenters. The summed E-state index contributed by atoms with van der Waals surface area (Å²) in [5.41, 5.74) is 2.26. The molecule has 0 fully saturated rings. The van der Waals surface area contributed by atoms with Crippen LogP contribution >= 0.6 is 0 Å². The number of nitrogens with one attached hydrogen (secondary N) is 1. The zero-order valence-corrected chi connectivity index (χ0v) is 17.3. The first-order valence-corrected chi connectivity index (χ1v) is 9.42. The van der Waals surface area contributed by atoms with Gasteiger partial charge in [0.2, 0.25) is 5.75 Å². The van der Waals surface area contributed by atoms with Crippen LogP contribution in [0, 0.1) is 5.41 Å². The van der Waals surface area contributed by atoms with Crippen molar-refractivity contribution in [1.82, 2.24) is 19.7 Å². The van der Waals surface area contributed by atoms with Gasteiger partial charge in [0, 0.05) is 12.0 Å². The Hall–Kier alpha value is -4.14. The molecule has 0 radical (unpaired) electrons. The predicted octanol–water partition coefficient (Wildman–Crippen LogP) is 2.78. The molecular weight excluding hydrogens is 398 g/mol. The molecule has 9 heteroatoms. The Kier molecular flexibility index (Phi) is 5.40. The molecule has 158 valence electrons. The number of hydrogen-bond acceptors (Lipinski definition) is 8. The van der Waals surface area contributed by atoms with E-state index in [1.165, 1.54) is 13.3 Å². The fourth-order valence-electron chi connectivity index (χ4n) is 3.32. The Morgan fingerprint density at radius 1 is 0.935 bits per heavy atom. The van der Waals surface area contributed by atoms with E-state index < -0.39 is 0 Å². The van der Waals surface area contributed by atoms with Crippen LogP contribution in [-0.2, 0) is 6.42 Å². The SMILES string of the molecule is COc1cc(Cc2nc3n(O)cc(-c4ccccc4)nc-3c(=N)n2)cc(OC)c1OC. The molecule has 0 saturated carbocycles. The lowest BCUT2D eigenvalue weighted by Crippen LogP contribution is -2.21. The molecule has 0 amide bonds. The third kappa shape index (κ3) is 3.85. The summed E-state index contributed by atoms with van der Waals surface area (Å²) in [7, 11) is 4.62. The zero-order valence-electron chi connectivity index (χ0n) is 17.3. The highest BCUT2D eigenvalue weighted by atomic mass is 16.5. The van der Waals surface area contributed by atoms with Gasteiger partial charge >= 0.3 is 0 Å². The average molecular weight is 419 g/mol. The third-order valence-electron chi connectivity index (χ3n) is 4.76. The van der Waals surface area contributed by atoms with Crippen molar-refractivity contribution in [1.29, 1.82) is 5.41 Å². The van der Waals surface area contributed by atoms with E-state index in [4.69, 9.17) is 19.6 Å². The maximum Gasteiger partial charge on any atom is 0.203 e. The molecule has 4 rings (SSSR count). The number of ether oxygens (including phenoxy) is 3. The van der Waals surface area contributed by atoms with E-state index in [1.54, 1.807) is 26.4 Å². The molecule has 0 aromatic heterocycles. The van der Waals surface area contributed by atoms with Crippen molar-refractivity contribution in [2.45, 2.75) is 6.42 Å². The van der Waals surface area contributed by atoms with E-state index >= 15 is 0 Å². The van der Waals surface area contributed by atoms with Crippen LogP contribution in [0.25, 0.3) is 22.8 Å². The van der Waals surface area contributed by atoms with E-state index in [2.05, 4.69) is 15.0 Å². The van der Waals surface area contributed by atoms with Crippen molar-refractivity contribution >= 4 is 0 Å². The van der Waals surface area contributed by atoms with Crippen LogP contribution < -0.4 is 19.7 Å². The highest BCUT2D eigenvalue weighted by molar-refractivity contribution is 5.62. The summed E-state index contributed by atoms with van der Waals surface area (Å²) in [4.78, 5) is 13.2. The predicted molar refractivity (Wildman–Crippen MR) is 112 cm³/mol. The van der Waals surface area contributed by atoms with Gasteiger partial charge in [-0.3, -0.25) is 5.41 Å². The smallest absolute Gasteiger partial charge is 0.203 e. The van der Waals surface area contributed by atoms with Crippen LogP contribution in [0.2, 0.25) is 0 Å². The average Bonchev–Trinajstić information content (AvgIpc) is 2.79. The molecule has 2 aliphatic heterocycles. The van der Waals surface area contributed by atoms with Crippen LogP contribution in [0.4, 0.5) is 0 Å². The fraction of sp³-hybridized carbons (Fsp3) is 0.182. The second-order valence-corrected chi connectivity index (χ2v) is 6.71. The van der Waals surface area contributed by atoms with Gasteiger partial charge in [-0.15, -0.1) is 0 Å². The normalized spacial score (nSPS) is 10.8. The number of hydrogen-bond donors (Lipinski definition) is 2. The van der Waals surface area contributed by atoms with Gasteiger partial charge in [-0.1, -0.05) is 30.3 Å². The molecule has 2 aromatic carbocycles. The van der Waals surface area contributed by atoms with Crippen molar-refractivity contribution in [2.75, 3.05) is 21.3 Å². The second kappa shape index (κ2) is 8.31. The van der Waals surface area contributed by atoms with Crippen molar-refractivity contribution in [3.8, 4) is 40.0 Å². The van der Waals surface area contributed by atoms with Crippen molar-refractivity contribution in [3.05, 3.63) is 65.5 Å². The first-order valence-electron chi connectivity index (χ1n) is 9.42. The molecule has 0 atom stereocenters. The summed E-state index contributed by atoms with van der Waals surface area (Å²) in [5.74, 6) is 2.01. The van der Waals surface area contributed by atoms with E-state index in [0.29, 0.717) is 35.2 Å². The van der Waals surface area contributed by atoms with Gasteiger partial charge in [0.05, 0.1) is 33.2 Å². The number of fused-ring (bicyclic) bond motifs is 1. The zero-order chi connectivity index (χ0) is 22.0. The van der Waals surface area contributed by atoms with E-state index in [-0.39, 0.29) is 17.0 Å². The Balaban J connectivity index is 1.76. The van der Waals surface area contributed by atoms with Gasteiger partial charge < -0.3 is 19.4 Å². The first kappa shape index (κ1) is 20.1. The number of benzene rings is 2. The number of nitrogens with zero attached hydrogens (tertiary/aromatic N) is 4. The standard InChI is InChI=1S/C22H21N5O4/c1-29-16-9-13(10-17(30-2)20(16)31-3)11-18-25-21(23)19-22(26-18)27(28)12-15(24-19)14-7-5-4-6-8-14/h4-10,12,23,28H,11H2,1-3H3. The molecule has 0 bridgehead atoms. The van der Waals surface area contributed by atoms with E-state index in [9.17, 15) is 5.21 Å². The van der Waals surface area contributed by atoms with Gasteiger partial charge in [0.25, 0.3) is 0 Å². The molecule has 0 aliphatic carbocycles. The summed E-state index contributed by atoms with van der Waals surface area (Å²) >= 11 is 0. The van der Waals surface area contributed by atoms with Crippen molar-refractivity contribution < 1.29 is 19.4 Å². The largest absolute Gasteiger partial charge is 0.493 e. The monoisotopic (exact) mass is 419 g/mol.